The van der Waals surface area contributed by atoms with Gasteiger partial charge in [0.05, 0.1) is 6.10 Å². The molecule has 15 heavy (non-hydrogen) atoms. The molecule has 0 amide bonds. The molecular formula is C11H16BrNO2. The van der Waals surface area contributed by atoms with Gasteiger partial charge in [-0.2, -0.15) is 0 Å². The van der Waals surface area contributed by atoms with E-state index in [2.05, 4.69) is 21.2 Å². The summed E-state index contributed by atoms with van der Waals surface area (Å²) >= 11 is 3.39. The highest BCUT2D eigenvalue weighted by atomic mass is 79.9. The topological polar surface area (TPSA) is 52.5 Å². The fourth-order valence-corrected chi connectivity index (χ4v) is 1.73. The summed E-state index contributed by atoms with van der Waals surface area (Å²) in [6, 6.07) is 5.57. The Balaban J connectivity index is 2.81. The second-order valence-corrected chi connectivity index (χ2v) is 4.43. The zero-order valence-corrected chi connectivity index (χ0v) is 10.5. The van der Waals surface area contributed by atoms with Gasteiger partial charge in [-0.15, -0.1) is 0 Å². The molecule has 0 aliphatic rings. The van der Waals surface area contributed by atoms with Crippen molar-refractivity contribution in [1.82, 2.24) is 5.32 Å². The average Bonchev–Trinajstić information content (AvgIpc) is 2.21. The predicted molar refractivity (Wildman–Crippen MR) is 63.8 cm³/mol. The SMILES string of the molecule is CNCC(O)C(O)c1ccc(C)c(Br)c1. The third-order valence-electron chi connectivity index (χ3n) is 2.32. The summed E-state index contributed by atoms with van der Waals surface area (Å²) in [5.41, 5.74) is 1.82. The quantitative estimate of drug-likeness (QED) is 0.777. The zero-order valence-electron chi connectivity index (χ0n) is 8.87. The van der Waals surface area contributed by atoms with Crippen LogP contribution in [0.5, 0.6) is 0 Å². The van der Waals surface area contributed by atoms with Crippen molar-refractivity contribution in [3.8, 4) is 0 Å². The van der Waals surface area contributed by atoms with Crippen LogP contribution in [0.25, 0.3) is 0 Å². The maximum absolute atomic E-state index is 9.82. The number of halogens is 1. The van der Waals surface area contributed by atoms with Crippen molar-refractivity contribution in [2.24, 2.45) is 0 Å². The van der Waals surface area contributed by atoms with Crippen molar-refractivity contribution in [2.75, 3.05) is 13.6 Å². The maximum atomic E-state index is 9.82. The number of hydrogen-bond donors (Lipinski definition) is 3. The van der Waals surface area contributed by atoms with Gasteiger partial charge in [-0.25, -0.2) is 0 Å². The van der Waals surface area contributed by atoms with Gasteiger partial charge in [0, 0.05) is 11.0 Å². The first-order valence-corrected chi connectivity index (χ1v) is 5.62. The molecule has 1 aromatic carbocycles. The first-order valence-electron chi connectivity index (χ1n) is 4.83. The largest absolute Gasteiger partial charge is 0.389 e. The standard InChI is InChI=1S/C11H16BrNO2/c1-7-3-4-8(5-9(7)12)11(15)10(14)6-13-2/h3-5,10-11,13-15H,6H2,1-2H3. The Hall–Kier alpha value is -0.420. The lowest BCUT2D eigenvalue weighted by Crippen LogP contribution is -2.29. The average molecular weight is 274 g/mol. The molecule has 3 nitrogen and oxygen atoms in total. The molecule has 0 aliphatic heterocycles. The van der Waals surface area contributed by atoms with Gasteiger partial charge >= 0.3 is 0 Å². The van der Waals surface area contributed by atoms with Crippen LogP contribution in [0.3, 0.4) is 0 Å². The van der Waals surface area contributed by atoms with E-state index in [1.165, 1.54) is 0 Å². The van der Waals surface area contributed by atoms with Crippen LogP contribution in [0.15, 0.2) is 22.7 Å². The highest BCUT2D eigenvalue weighted by molar-refractivity contribution is 9.10. The van der Waals surface area contributed by atoms with E-state index in [-0.39, 0.29) is 0 Å². The molecule has 0 spiro atoms. The fourth-order valence-electron chi connectivity index (χ4n) is 1.34. The normalized spacial score (nSPS) is 15.0. The molecule has 0 bridgehead atoms. The van der Waals surface area contributed by atoms with Crippen LogP contribution in [0.4, 0.5) is 0 Å². The molecule has 3 N–H and O–H groups in total. The Labute approximate surface area is 98.3 Å². The summed E-state index contributed by atoms with van der Waals surface area (Å²) in [5.74, 6) is 0. The monoisotopic (exact) mass is 273 g/mol. The van der Waals surface area contributed by atoms with Crippen LogP contribution < -0.4 is 5.32 Å². The Morgan fingerprint density at radius 3 is 2.60 bits per heavy atom. The second-order valence-electron chi connectivity index (χ2n) is 3.58. The first kappa shape index (κ1) is 12.6. The van der Waals surface area contributed by atoms with E-state index >= 15 is 0 Å². The molecule has 1 aromatic rings. The Morgan fingerprint density at radius 2 is 2.07 bits per heavy atom. The third-order valence-corrected chi connectivity index (χ3v) is 3.17. The number of aliphatic hydroxyl groups excluding tert-OH is 2. The highest BCUT2D eigenvalue weighted by Crippen LogP contribution is 2.23. The van der Waals surface area contributed by atoms with Crippen LogP contribution in [0.2, 0.25) is 0 Å². The third kappa shape index (κ3) is 3.28. The minimum Gasteiger partial charge on any atom is -0.389 e. The minimum atomic E-state index is -0.852. The van der Waals surface area contributed by atoms with Crippen molar-refractivity contribution in [3.63, 3.8) is 0 Å². The molecule has 0 radical (unpaired) electrons. The maximum Gasteiger partial charge on any atom is 0.106 e. The van der Waals surface area contributed by atoms with Gasteiger partial charge in [0.2, 0.25) is 0 Å². The lowest BCUT2D eigenvalue weighted by molar-refractivity contribution is 0.0202. The van der Waals surface area contributed by atoms with Gasteiger partial charge in [0.1, 0.15) is 6.10 Å². The van der Waals surface area contributed by atoms with Crippen molar-refractivity contribution in [2.45, 2.75) is 19.1 Å². The van der Waals surface area contributed by atoms with E-state index in [1.807, 2.05) is 25.1 Å². The lowest BCUT2D eigenvalue weighted by Gasteiger charge is -2.18. The van der Waals surface area contributed by atoms with Crippen molar-refractivity contribution < 1.29 is 10.2 Å². The molecule has 2 unspecified atom stereocenters. The molecule has 0 heterocycles. The molecule has 4 heteroatoms. The number of rotatable bonds is 4. The summed E-state index contributed by atoms with van der Waals surface area (Å²) < 4.78 is 0.940. The van der Waals surface area contributed by atoms with Gasteiger partial charge in [-0.3, -0.25) is 0 Å². The number of aliphatic hydroxyl groups is 2. The minimum absolute atomic E-state index is 0.368. The summed E-state index contributed by atoms with van der Waals surface area (Å²) in [6.07, 6.45) is -1.64. The van der Waals surface area contributed by atoms with Crippen molar-refractivity contribution >= 4 is 15.9 Å². The van der Waals surface area contributed by atoms with Crippen LogP contribution in [0.1, 0.15) is 17.2 Å². The molecular weight excluding hydrogens is 258 g/mol. The molecule has 0 fully saturated rings. The second kappa shape index (κ2) is 5.61. The van der Waals surface area contributed by atoms with Crippen LogP contribution in [-0.2, 0) is 0 Å². The Kier molecular flexibility index (Phi) is 4.73. The van der Waals surface area contributed by atoms with Crippen LogP contribution in [-0.4, -0.2) is 29.9 Å². The van der Waals surface area contributed by atoms with Crippen LogP contribution >= 0.6 is 15.9 Å². The Morgan fingerprint density at radius 1 is 1.40 bits per heavy atom. The molecule has 84 valence electrons. The number of aryl methyl sites for hydroxylation is 1. The van der Waals surface area contributed by atoms with E-state index in [1.54, 1.807) is 7.05 Å². The van der Waals surface area contributed by atoms with E-state index < -0.39 is 12.2 Å². The van der Waals surface area contributed by atoms with E-state index in [9.17, 15) is 10.2 Å². The molecule has 1 rings (SSSR count). The number of likely N-dealkylation sites (N-methyl/N-ethyl adjacent to an activating group) is 1. The summed E-state index contributed by atoms with van der Waals surface area (Å²) in [4.78, 5) is 0. The van der Waals surface area contributed by atoms with Crippen LogP contribution in [0, 0.1) is 6.92 Å². The van der Waals surface area contributed by atoms with Gasteiger partial charge in [-0.05, 0) is 31.2 Å². The van der Waals surface area contributed by atoms with Gasteiger partial charge in [0.15, 0.2) is 0 Å². The molecule has 0 saturated carbocycles. The zero-order chi connectivity index (χ0) is 11.4. The summed E-state index contributed by atoms with van der Waals surface area (Å²) in [5, 5.41) is 22.3. The smallest absolute Gasteiger partial charge is 0.106 e. The predicted octanol–water partition coefficient (Wildman–Crippen LogP) is 1.37. The fraction of sp³-hybridized carbons (Fsp3) is 0.455. The summed E-state index contributed by atoms with van der Waals surface area (Å²) in [7, 11) is 1.74. The van der Waals surface area contributed by atoms with E-state index in [4.69, 9.17) is 0 Å². The molecule has 2 atom stereocenters. The summed E-state index contributed by atoms with van der Waals surface area (Å²) in [6.45, 7) is 2.34. The number of nitrogens with one attached hydrogen (secondary N) is 1. The molecule has 0 aromatic heterocycles. The molecule has 0 aliphatic carbocycles. The first-order chi connectivity index (χ1) is 7.06. The number of benzene rings is 1. The van der Waals surface area contributed by atoms with Crippen molar-refractivity contribution in [1.29, 1.82) is 0 Å². The van der Waals surface area contributed by atoms with Gasteiger partial charge < -0.3 is 15.5 Å². The van der Waals surface area contributed by atoms with Crippen molar-refractivity contribution in [3.05, 3.63) is 33.8 Å². The Bertz CT molecular complexity index is 330. The highest BCUT2D eigenvalue weighted by Gasteiger charge is 2.17. The van der Waals surface area contributed by atoms with Gasteiger partial charge in [-0.1, -0.05) is 28.1 Å². The number of hydrogen-bond acceptors (Lipinski definition) is 3. The lowest BCUT2D eigenvalue weighted by atomic mass is 10.0. The van der Waals surface area contributed by atoms with Gasteiger partial charge in [0.25, 0.3) is 0 Å². The van der Waals surface area contributed by atoms with E-state index in [0.717, 1.165) is 15.6 Å². The van der Waals surface area contributed by atoms with E-state index in [0.29, 0.717) is 6.54 Å². The molecule has 0 saturated heterocycles.